The number of hydrogen-bond acceptors (Lipinski definition) is 2. The number of likely N-dealkylation sites (N-methyl/N-ethyl adjacent to an activating group) is 1. The monoisotopic (exact) mass is 205 g/mol. The van der Waals surface area contributed by atoms with Crippen molar-refractivity contribution >= 4 is 5.78 Å². The molecule has 0 atom stereocenters. The lowest BCUT2D eigenvalue weighted by atomic mass is 10.0. The molecule has 0 aliphatic rings. The first-order chi connectivity index (χ1) is 7.15. The third-order valence-corrected chi connectivity index (χ3v) is 2.43. The third-order valence-electron chi connectivity index (χ3n) is 2.43. The van der Waals surface area contributed by atoms with E-state index in [4.69, 9.17) is 0 Å². The highest BCUT2D eigenvalue weighted by Crippen LogP contribution is 2.14. The topological polar surface area (TPSA) is 29.1 Å². The molecule has 1 rings (SSSR count). The van der Waals surface area contributed by atoms with Crippen LogP contribution in [0.25, 0.3) is 0 Å². The maximum Gasteiger partial charge on any atom is 0.176 e. The highest BCUT2D eigenvalue weighted by Gasteiger charge is 2.05. The van der Waals surface area contributed by atoms with Gasteiger partial charge in [-0.15, -0.1) is 0 Å². The van der Waals surface area contributed by atoms with Gasteiger partial charge >= 0.3 is 0 Å². The van der Waals surface area contributed by atoms with E-state index in [0.717, 1.165) is 12.1 Å². The lowest BCUT2D eigenvalue weighted by Crippen LogP contribution is -2.22. The van der Waals surface area contributed by atoms with Gasteiger partial charge in [0.2, 0.25) is 0 Å². The van der Waals surface area contributed by atoms with Gasteiger partial charge in [0.1, 0.15) is 0 Å². The molecule has 0 saturated carbocycles. The summed E-state index contributed by atoms with van der Waals surface area (Å²) in [7, 11) is 0. The van der Waals surface area contributed by atoms with Crippen molar-refractivity contribution in [1.82, 2.24) is 5.32 Å². The van der Waals surface area contributed by atoms with Crippen molar-refractivity contribution in [3.05, 3.63) is 35.4 Å². The van der Waals surface area contributed by atoms with Crippen LogP contribution in [0.15, 0.2) is 24.3 Å². The van der Waals surface area contributed by atoms with Gasteiger partial charge in [-0.3, -0.25) is 4.79 Å². The number of benzene rings is 1. The van der Waals surface area contributed by atoms with Gasteiger partial charge in [-0.1, -0.05) is 45.0 Å². The van der Waals surface area contributed by atoms with Crippen molar-refractivity contribution in [1.29, 1.82) is 0 Å². The summed E-state index contributed by atoms with van der Waals surface area (Å²) in [5.41, 5.74) is 2.07. The van der Waals surface area contributed by atoms with E-state index >= 15 is 0 Å². The van der Waals surface area contributed by atoms with Crippen LogP contribution in [-0.2, 0) is 0 Å². The Kier molecular flexibility index (Phi) is 4.50. The number of carbonyl (C=O) groups excluding carboxylic acids is 1. The van der Waals surface area contributed by atoms with Gasteiger partial charge in [0.15, 0.2) is 5.78 Å². The molecular weight excluding hydrogens is 186 g/mol. The fraction of sp³-hybridized carbons (Fsp3) is 0.462. The van der Waals surface area contributed by atoms with E-state index in [0.29, 0.717) is 12.5 Å². The molecule has 1 aromatic carbocycles. The lowest BCUT2D eigenvalue weighted by molar-refractivity contribution is 0.0992. The van der Waals surface area contributed by atoms with E-state index in [1.807, 2.05) is 31.2 Å². The van der Waals surface area contributed by atoms with Gasteiger partial charge in [0, 0.05) is 5.56 Å². The Balaban J connectivity index is 2.67. The molecule has 82 valence electrons. The quantitative estimate of drug-likeness (QED) is 0.749. The molecule has 1 N–H and O–H groups in total. The molecule has 1 aromatic rings. The molecule has 0 aliphatic carbocycles. The normalized spacial score (nSPS) is 10.7. The van der Waals surface area contributed by atoms with Crippen molar-refractivity contribution < 1.29 is 4.79 Å². The first kappa shape index (κ1) is 11.9. The number of nitrogens with one attached hydrogen (secondary N) is 1. The third kappa shape index (κ3) is 3.48. The SMILES string of the molecule is CCNCC(=O)c1ccc(C(C)C)cc1. The van der Waals surface area contributed by atoms with Crippen LogP contribution >= 0.6 is 0 Å². The Hall–Kier alpha value is -1.15. The molecule has 0 unspecified atom stereocenters. The molecule has 0 fully saturated rings. The van der Waals surface area contributed by atoms with Crippen molar-refractivity contribution in [2.75, 3.05) is 13.1 Å². The standard InChI is InChI=1S/C13H19NO/c1-4-14-9-13(15)12-7-5-11(6-8-12)10(2)3/h5-8,10,14H,4,9H2,1-3H3. The van der Waals surface area contributed by atoms with Gasteiger partial charge in [-0.05, 0) is 18.0 Å². The number of ketones is 1. The highest BCUT2D eigenvalue weighted by atomic mass is 16.1. The first-order valence-electron chi connectivity index (χ1n) is 5.49. The smallest absolute Gasteiger partial charge is 0.176 e. The van der Waals surface area contributed by atoms with Crippen LogP contribution in [0.3, 0.4) is 0 Å². The summed E-state index contributed by atoms with van der Waals surface area (Å²) in [6.45, 7) is 7.55. The van der Waals surface area contributed by atoms with Gasteiger partial charge in [-0.2, -0.15) is 0 Å². The van der Waals surface area contributed by atoms with Crippen molar-refractivity contribution in [3.8, 4) is 0 Å². The zero-order chi connectivity index (χ0) is 11.3. The zero-order valence-electron chi connectivity index (χ0n) is 9.71. The summed E-state index contributed by atoms with van der Waals surface area (Å²) < 4.78 is 0. The maximum absolute atomic E-state index is 11.6. The Morgan fingerprint density at radius 1 is 1.27 bits per heavy atom. The average molecular weight is 205 g/mol. The molecule has 0 radical (unpaired) electrons. The summed E-state index contributed by atoms with van der Waals surface area (Å²) >= 11 is 0. The number of carbonyl (C=O) groups is 1. The van der Waals surface area contributed by atoms with Crippen molar-refractivity contribution in [2.24, 2.45) is 0 Å². The number of rotatable bonds is 5. The predicted octanol–water partition coefficient (Wildman–Crippen LogP) is 2.60. The highest BCUT2D eigenvalue weighted by molar-refractivity contribution is 5.97. The van der Waals surface area contributed by atoms with E-state index in [1.54, 1.807) is 0 Å². The Morgan fingerprint density at radius 3 is 2.33 bits per heavy atom. The largest absolute Gasteiger partial charge is 0.310 e. The number of Topliss-reactive ketones (excluding diaryl/α,β-unsaturated/α-hetero) is 1. The van der Waals surface area contributed by atoms with Gasteiger partial charge in [-0.25, -0.2) is 0 Å². The van der Waals surface area contributed by atoms with Crippen LogP contribution in [-0.4, -0.2) is 18.9 Å². The molecule has 0 bridgehead atoms. The second-order valence-corrected chi connectivity index (χ2v) is 3.98. The molecule has 15 heavy (non-hydrogen) atoms. The van der Waals surface area contributed by atoms with Crippen LogP contribution in [0.4, 0.5) is 0 Å². The molecule has 0 aliphatic heterocycles. The van der Waals surface area contributed by atoms with E-state index in [9.17, 15) is 4.79 Å². The Morgan fingerprint density at radius 2 is 1.87 bits per heavy atom. The van der Waals surface area contributed by atoms with Gasteiger partial charge in [0.25, 0.3) is 0 Å². The minimum atomic E-state index is 0.159. The molecule has 0 saturated heterocycles. The fourth-order valence-corrected chi connectivity index (χ4v) is 1.39. The maximum atomic E-state index is 11.6. The molecule has 0 aromatic heterocycles. The van der Waals surface area contributed by atoms with E-state index < -0.39 is 0 Å². The summed E-state index contributed by atoms with van der Waals surface area (Å²) in [6, 6.07) is 7.89. The van der Waals surface area contributed by atoms with E-state index in [2.05, 4.69) is 19.2 Å². The van der Waals surface area contributed by atoms with Crippen LogP contribution < -0.4 is 5.32 Å². The van der Waals surface area contributed by atoms with Gasteiger partial charge < -0.3 is 5.32 Å². The molecule has 0 spiro atoms. The molecule has 2 nitrogen and oxygen atoms in total. The number of hydrogen-bond donors (Lipinski definition) is 1. The summed E-state index contributed by atoms with van der Waals surface area (Å²) in [5, 5.41) is 3.03. The zero-order valence-corrected chi connectivity index (χ0v) is 9.71. The summed E-state index contributed by atoms with van der Waals surface area (Å²) in [5.74, 6) is 0.676. The van der Waals surface area contributed by atoms with Crippen molar-refractivity contribution in [2.45, 2.75) is 26.7 Å². The van der Waals surface area contributed by atoms with E-state index in [-0.39, 0.29) is 5.78 Å². The van der Waals surface area contributed by atoms with Crippen LogP contribution in [0.1, 0.15) is 42.6 Å². The predicted molar refractivity (Wildman–Crippen MR) is 63.4 cm³/mol. The summed E-state index contributed by atoms with van der Waals surface area (Å²) in [4.78, 5) is 11.6. The Bertz CT molecular complexity index is 314. The minimum Gasteiger partial charge on any atom is -0.310 e. The van der Waals surface area contributed by atoms with Crippen molar-refractivity contribution in [3.63, 3.8) is 0 Å². The molecule has 0 amide bonds. The molecule has 0 heterocycles. The van der Waals surface area contributed by atoms with Crippen LogP contribution in [0.5, 0.6) is 0 Å². The van der Waals surface area contributed by atoms with E-state index in [1.165, 1.54) is 5.56 Å². The lowest BCUT2D eigenvalue weighted by Gasteiger charge is -2.06. The minimum absolute atomic E-state index is 0.159. The second-order valence-electron chi connectivity index (χ2n) is 3.98. The van der Waals surface area contributed by atoms with Gasteiger partial charge in [0.05, 0.1) is 6.54 Å². The van der Waals surface area contributed by atoms with Crippen LogP contribution in [0, 0.1) is 0 Å². The average Bonchev–Trinajstić information content (AvgIpc) is 2.26. The second kappa shape index (κ2) is 5.66. The summed E-state index contributed by atoms with van der Waals surface area (Å²) in [6.07, 6.45) is 0. The Labute approximate surface area is 91.7 Å². The molecule has 2 heteroatoms. The fourth-order valence-electron chi connectivity index (χ4n) is 1.39. The van der Waals surface area contributed by atoms with Crippen LogP contribution in [0.2, 0.25) is 0 Å². The molecular formula is C13H19NO. The first-order valence-corrected chi connectivity index (χ1v) is 5.49.